The first-order valence-corrected chi connectivity index (χ1v) is 7.00. The van der Waals surface area contributed by atoms with Crippen LogP contribution in [0.25, 0.3) is 0 Å². The van der Waals surface area contributed by atoms with E-state index in [1.54, 1.807) is 0 Å². The Labute approximate surface area is 95.6 Å². The normalized spacial score (nSPS) is 10.1. The van der Waals surface area contributed by atoms with Crippen molar-refractivity contribution >= 4 is 29.2 Å². The van der Waals surface area contributed by atoms with Gasteiger partial charge < -0.3 is 0 Å². The van der Waals surface area contributed by atoms with E-state index in [4.69, 9.17) is 0 Å². The molecule has 74 valence electrons. The van der Waals surface area contributed by atoms with Gasteiger partial charge in [-0.2, -0.15) is 0 Å². The second-order valence-electron chi connectivity index (χ2n) is 2.96. The highest BCUT2D eigenvalue weighted by molar-refractivity contribution is 9.10. The summed E-state index contributed by atoms with van der Waals surface area (Å²) in [6, 6.07) is 8.55. The van der Waals surface area contributed by atoms with Crippen LogP contribution in [0.1, 0.15) is 0 Å². The fourth-order valence-corrected chi connectivity index (χ4v) is 3.28. The Kier molecular flexibility index (Phi) is 5.14. The third-order valence-electron chi connectivity index (χ3n) is 1.89. The predicted molar refractivity (Wildman–Crippen MR) is 70.8 cm³/mol. The average Bonchev–Trinajstić information content (AvgIpc) is 2.19. The van der Waals surface area contributed by atoms with Gasteiger partial charge in [-0.3, -0.25) is 0 Å². The van der Waals surface area contributed by atoms with E-state index in [0.29, 0.717) is 0 Å². The molecule has 1 aromatic carbocycles. The smallest absolute Gasteiger partial charge is 0.0175 e. The SMILES string of the molecule is C=CCP(CC=C)c1ccc(Br)cc1. The van der Waals surface area contributed by atoms with Crippen LogP contribution in [-0.2, 0) is 0 Å². The molecular formula is C12H14BrP. The van der Waals surface area contributed by atoms with E-state index in [0.717, 1.165) is 16.8 Å². The molecular weight excluding hydrogens is 255 g/mol. The van der Waals surface area contributed by atoms with Gasteiger partial charge in [-0.1, -0.05) is 48.1 Å². The van der Waals surface area contributed by atoms with Crippen LogP contribution < -0.4 is 5.30 Å². The predicted octanol–water partition coefficient (Wildman–Crippen LogP) is 3.93. The Hall–Kier alpha value is -0.390. The van der Waals surface area contributed by atoms with Gasteiger partial charge in [-0.05, 0) is 29.8 Å². The minimum atomic E-state index is -0.125. The van der Waals surface area contributed by atoms with Crippen molar-refractivity contribution in [2.45, 2.75) is 0 Å². The minimum Gasteiger partial charge on any atom is -0.103 e. The second-order valence-corrected chi connectivity index (χ2v) is 6.20. The lowest BCUT2D eigenvalue weighted by Gasteiger charge is -2.13. The first-order valence-electron chi connectivity index (χ1n) is 4.50. The first kappa shape index (κ1) is 11.7. The molecule has 1 rings (SSSR count). The summed E-state index contributed by atoms with van der Waals surface area (Å²) in [6.45, 7) is 7.60. The summed E-state index contributed by atoms with van der Waals surface area (Å²) in [5.41, 5.74) is 0. The third kappa shape index (κ3) is 3.40. The molecule has 1 aromatic rings. The molecule has 0 atom stereocenters. The fourth-order valence-electron chi connectivity index (χ4n) is 1.25. The van der Waals surface area contributed by atoms with Crippen molar-refractivity contribution in [2.75, 3.05) is 12.3 Å². The molecule has 0 saturated heterocycles. The summed E-state index contributed by atoms with van der Waals surface area (Å²) in [5, 5.41) is 1.42. The molecule has 0 radical (unpaired) electrons. The highest BCUT2D eigenvalue weighted by Crippen LogP contribution is 2.34. The molecule has 0 heterocycles. The second kappa shape index (κ2) is 6.16. The molecule has 0 saturated carbocycles. The van der Waals surface area contributed by atoms with Crippen molar-refractivity contribution in [1.82, 2.24) is 0 Å². The summed E-state index contributed by atoms with van der Waals surface area (Å²) < 4.78 is 1.13. The molecule has 14 heavy (non-hydrogen) atoms. The van der Waals surface area contributed by atoms with Gasteiger partial charge in [0.2, 0.25) is 0 Å². The first-order chi connectivity index (χ1) is 6.77. The number of hydrogen-bond donors (Lipinski definition) is 0. The summed E-state index contributed by atoms with van der Waals surface area (Å²) >= 11 is 3.44. The molecule has 0 spiro atoms. The lowest BCUT2D eigenvalue weighted by atomic mass is 10.4. The van der Waals surface area contributed by atoms with Crippen molar-refractivity contribution in [3.63, 3.8) is 0 Å². The summed E-state index contributed by atoms with van der Waals surface area (Å²) in [5.74, 6) is 0. The molecule has 0 fully saturated rings. The van der Waals surface area contributed by atoms with Crippen molar-refractivity contribution < 1.29 is 0 Å². The molecule has 0 nitrogen and oxygen atoms in total. The monoisotopic (exact) mass is 268 g/mol. The maximum Gasteiger partial charge on any atom is 0.0175 e. The van der Waals surface area contributed by atoms with Gasteiger partial charge in [0.25, 0.3) is 0 Å². The lowest BCUT2D eigenvalue weighted by molar-refractivity contribution is 1.64. The lowest BCUT2D eigenvalue weighted by Crippen LogP contribution is -2.03. The molecule has 2 heteroatoms. The molecule has 0 N–H and O–H groups in total. The van der Waals surface area contributed by atoms with Gasteiger partial charge in [0, 0.05) is 4.47 Å². The zero-order valence-corrected chi connectivity index (χ0v) is 10.6. The van der Waals surface area contributed by atoms with E-state index in [1.807, 2.05) is 12.2 Å². The molecule has 0 aliphatic carbocycles. The van der Waals surface area contributed by atoms with Crippen LogP contribution in [0, 0.1) is 0 Å². The zero-order chi connectivity index (χ0) is 10.4. The van der Waals surface area contributed by atoms with E-state index in [-0.39, 0.29) is 7.92 Å². The van der Waals surface area contributed by atoms with Crippen molar-refractivity contribution in [1.29, 1.82) is 0 Å². The largest absolute Gasteiger partial charge is 0.103 e. The third-order valence-corrected chi connectivity index (χ3v) is 4.85. The number of benzene rings is 1. The standard InChI is InChI=1S/C12H14BrP/c1-3-9-14(10-4-2)12-7-5-11(13)6-8-12/h3-8H,1-2,9-10H2. The van der Waals surface area contributed by atoms with Crippen LogP contribution >= 0.6 is 23.9 Å². The average molecular weight is 269 g/mol. The molecule has 0 amide bonds. The summed E-state index contributed by atoms with van der Waals surface area (Å²) in [4.78, 5) is 0. The van der Waals surface area contributed by atoms with Crippen LogP contribution in [0.3, 0.4) is 0 Å². The van der Waals surface area contributed by atoms with E-state index < -0.39 is 0 Å². The van der Waals surface area contributed by atoms with E-state index in [9.17, 15) is 0 Å². The quantitative estimate of drug-likeness (QED) is 0.561. The minimum absolute atomic E-state index is 0.125. The fraction of sp³-hybridized carbons (Fsp3) is 0.167. The summed E-state index contributed by atoms with van der Waals surface area (Å²) in [7, 11) is -0.125. The van der Waals surface area contributed by atoms with Crippen LogP contribution in [-0.4, -0.2) is 12.3 Å². The van der Waals surface area contributed by atoms with E-state index >= 15 is 0 Å². The van der Waals surface area contributed by atoms with Crippen LogP contribution in [0.5, 0.6) is 0 Å². The van der Waals surface area contributed by atoms with Gasteiger partial charge in [-0.25, -0.2) is 0 Å². The summed E-state index contributed by atoms with van der Waals surface area (Å²) in [6.07, 6.45) is 6.14. The number of rotatable bonds is 5. The Morgan fingerprint density at radius 3 is 2.00 bits per heavy atom. The number of hydrogen-bond acceptors (Lipinski definition) is 0. The van der Waals surface area contributed by atoms with Gasteiger partial charge in [0.05, 0.1) is 0 Å². The van der Waals surface area contributed by atoms with Crippen molar-refractivity contribution in [2.24, 2.45) is 0 Å². The topological polar surface area (TPSA) is 0 Å². The van der Waals surface area contributed by atoms with E-state index in [1.165, 1.54) is 5.30 Å². The number of halogens is 1. The molecule has 0 unspecified atom stereocenters. The Bertz CT molecular complexity index is 293. The number of allylic oxidation sites excluding steroid dienone is 2. The van der Waals surface area contributed by atoms with Gasteiger partial charge in [0.15, 0.2) is 0 Å². The zero-order valence-electron chi connectivity index (χ0n) is 8.12. The van der Waals surface area contributed by atoms with Gasteiger partial charge in [-0.15, -0.1) is 13.2 Å². The maximum absolute atomic E-state index is 3.80. The van der Waals surface area contributed by atoms with Crippen LogP contribution in [0.4, 0.5) is 0 Å². The van der Waals surface area contributed by atoms with Crippen molar-refractivity contribution in [3.8, 4) is 0 Å². The van der Waals surface area contributed by atoms with Crippen LogP contribution in [0.2, 0.25) is 0 Å². The van der Waals surface area contributed by atoms with Crippen LogP contribution in [0.15, 0.2) is 54.0 Å². The van der Waals surface area contributed by atoms with Gasteiger partial charge >= 0.3 is 0 Å². The van der Waals surface area contributed by atoms with Gasteiger partial charge in [0.1, 0.15) is 0 Å². The molecule has 0 aromatic heterocycles. The molecule has 0 aliphatic heterocycles. The molecule has 0 aliphatic rings. The molecule has 0 bridgehead atoms. The maximum atomic E-state index is 3.80. The Morgan fingerprint density at radius 1 is 1.07 bits per heavy atom. The Balaban J connectivity index is 2.80. The highest BCUT2D eigenvalue weighted by Gasteiger charge is 2.06. The van der Waals surface area contributed by atoms with Crippen molar-refractivity contribution in [3.05, 3.63) is 54.0 Å². The van der Waals surface area contributed by atoms with E-state index in [2.05, 4.69) is 53.4 Å². The Morgan fingerprint density at radius 2 is 1.57 bits per heavy atom. The highest BCUT2D eigenvalue weighted by atomic mass is 79.9.